The van der Waals surface area contributed by atoms with Crippen LogP contribution >= 0.6 is 0 Å². The molecule has 27 heavy (non-hydrogen) atoms. The van der Waals surface area contributed by atoms with Crippen LogP contribution in [0.1, 0.15) is 84.5 Å². The van der Waals surface area contributed by atoms with Gasteiger partial charge in [0.2, 0.25) is 0 Å². The van der Waals surface area contributed by atoms with Gasteiger partial charge in [-0.05, 0) is 50.4 Å². The molecule has 2 aliphatic rings. The van der Waals surface area contributed by atoms with Crippen molar-refractivity contribution in [2.75, 3.05) is 0 Å². The van der Waals surface area contributed by atoms with Gasteiger partial charge in [-0.25, -0.2) is 8.78 Å². The van der Waals surface area contributed by atoms with Gasteiger partial charge in [0.15, 0.2) is 12.3 Å². The monoisotopic (exact) mass is 396 g/mol. The van der Waals surface area contributed by atoms with Gasteiger partial charge in [0.25, 0.3) is 0 Å². The van der Waals surface area contributed by atoms with Crippen LogP contribution in [0.4, 0.5) is 17.6 Å². The molecule has 0 aromatic carbocycles. The molecule has 2 nitrogen and oxygen atoms in total. The molecule has 0 saturated heterocycles. The molecule has 2 saturated carbocycles. The van der Waals surface area contributed by atoms with E-state index in [1.165, 1.54) is 19.3 Å². The van der Waals surface area contributed by atoms with Crippen LogP contribution in [0, 0.1) is 17.8 Å². The molecule has 0 heterocycles. The first-order chi connectivity index (χ1) is 12.7. The molecule has 0 bridgehead atoms. The van der Waals surface area contributed by atoms with Gasteiger partial charge in [-0.1, -0.05) is 46.0 Å². The topological polar surface area (TPSA) is 29.5 Å². The molecule has 0 radical (unpaired) electrons. The first kappa shape index (κ1) is 22.9. The van der Waals surface area contributed by atoms with Crippen molar-refractivity contribution < 1.29 is 27.4 Å². The Bertz CT molecular complexity index is 426. The summed E-state index contributed by atoms with van der Waals surface area (Å²) in [7, 11) is 0. The summed E-state index contributed by atoms with van der Waals surface area (Å²) in [5.74, 6) is 0.288. The van der Waals surface area contributed by atoms with Gasteiger partial charge in [0.1, 0.15) is 0 Å². The summed E-state index contributed by atoms with van der Waals surface area (Å²) in [4.78, 5) is 0. The lowest BCUT2D eigenvalue weighted by molar-refractivity contribution is -0.313. The summed E-state index contributed by atoms with van der Waals surface area (Å²) in [6.07, 6.45) is -2.70. The number of hydrogen-bond donors (Lipinski definition) is 1. The molecule has 2 fully saturated rings. The van der Waals surface area contributed by atoms with E-state index in [4.69, 9.17) is 4.74 Å². The zero-order valence-electron chi connectivity index (χ0n) is 16.7. The predicted octanol–water partition coefficient (Wildman–Crippen LogP) is 6.21. The standard InChI is InChI=1S/C21H36F4O2/c1-3-5-14(2)6-4-7-15-8-10-16(11-9-15)21(24,25)27-18-13-12-17(26)19(22)20(18)23/h14-20,26H,3-13H2,1-2H3. The van der Waals surface area contributed by atoms with E-state index >= 15 is 0 Å². The van der Waals surface area contributed by atoms with E-state index in [0.717, 1.165) is 31.6 Å². The maximum absolute atomic E-state index is 14.5. The summed E-state index contributed by atoms with van der Waals surface area (Å²) in [5, 5.41) is 9.32. The van der Waals surface area contributed by atoms with Crippen LogP contribution in [0.25, 0.3) is 0 Å². The molecule has 5 atom stereocenters. The lowest BCUT2D eigenvalue weighted by Crippen LogP contribution is -2.49. The lowest BCUT2D eigenvalue weighted by atomic mass is 9.78. The Hall–Kier alpha value is -0.360. The van der Waals surface area contributed by atoms with Gasteiger partial charge in [0, 0.05) is 0 Å². The summed E-state index contributed by atoms with van der Waals surface area (Å²) < 4.78 is 61.2. The molecule has 2 rings (SSSR count). The van der Waals surface area contributed by atoms with Crippen molar-refractivity contribution in [2.24, 2.45) is 17.8 Å². The maximum Gasteiger partial charge on any atom is 0.358 e. The van der Waals surface area contributed by atoms with Crippen molar-refractivity contribution in [3.05, 3.63) is 0 Å². The van der Waals surface area contributed by atoms with Gasteiger partial charge in [-0.2, -0.15) is 8.78 Å². The molecular weight excluding hydrogens is 360 g/mol. The fraction of sp³-hybridized carbons (Fsp3) is 1.00. The molecule has 6 heteroatoms. The van der Waals surface area contributed by atoms with Crippen LogP contribution in [0.2, 0.25) is 0 Å². The van der Waals surface area contributed by atoms with E-state index in [9.17, 15) is 22.7 Å². The third-order valence-electron chi connectivity index (χ3n) is 6.50. The van der Waals surface area contributed by atoms with Crippen molar-refractivity contribution in [3.8, 4) is 0 Å². The SMILES string of the molecule is CCCC(C)CCCC1CCC(C(F)(F)OC2CCC(O)C(F)C2F)CC1. The minimum absolute atomic E-state index is 0.0501. The maximum atomic E-state index is 14.5. The Morgan fingerprint density at radius 3 is 2.30 bits per heavy atom. The van der Waals surface area contributed by atoms with Crippen LogP contribution in [0.15, 0.2) is 0 Å². The van der Waals surface area contributed by atoms with Gasteiger partial charge >= 0.3 is 6.11 Å². The summed E-state index contributed by atoms with van der Waals surface area (Å²) in [6, 6.07) is 0. The normalized spacial score (nSPS) is 36.6. The number of alkyl halides is 4. The summed E-state index contributed by atoms with van der Waals surface area (Å²) in [6.45, 7) is 4.46. The Morgan fingerprint density at radius 1 is 1.00 bits per heavy atom. The van der Waals surface area contributed by atoms with E-state index in [-0.39, 0.29) is 12.8 Å². The van der Waals surface area contributed by atoms with Crippen LogP contribution in [0.3, 0.4) is 0 Å². The third-order valence-corrected chi connectivity index (χ3v) is 6.50. The highest BCUT2D eigenvalue weighted by atomic mass is 19.3. The van der Waals surface area contributed by atoms with Crippen LogP contribution in [-0.2, 0) is 4.74 Å². The van der Waals surface area contributed by atoms with E-state index in [2.05, 4.69) is 13.8 Å². The largest absolute Gasteiger partial charge is 0.390 e. The second kappa shape index (κ2) is 10.4. The molecule has 0 aromatic heterocycles. The van der Waals surface area contributed by atoms with Crippen molar-refractivity contribution >= 4 is 0 Å². The molecule has 0 aliphatic heterocycles. The second-order valence-electron chi connectivity index (χ2n) is 8.79. The fourth-order valence-corrected chi connectivity index (χ4v) is 4.67. The Kier molecular flexibility index (Phi) is 8.85. The van der Waals surface area contributed by atoms with Crippen molar-refractivity contribution in [3.63, 3.8) is 0 Å². The highest BCUT2D eigenvalue weighted by molar-refractivity contribution is 4.90. The molecule has 0 aromatic rings. The number of aliphatic hydroxyl groups excluding tert-OH is 1. The highest BCUT2D eigenvalue weighted by Crippen LogP contribution is 2.43. The summed E-state index contributed by atoms with van der Waals surface area (Å²) >= 11 is 0. The quantitative estimate of drug-likeness (QED) is 0.470. The van der Waals surface area contributed by atoms with E-state index in [1.807, 2.05) is 0 Å². The molecule has 1 N–H and O–H groups in total. The average molecular weight is 397 g/mol. The number of halogens is 4. The number of hydrogen-bond acceptors (Lipinski definition) is 2. The lowest BCUT2D eigenvalue weighted by Gasteiger charge is -2.38. The number of ether oxygens (including phenoxy) is 1. The minimum Gasteiger partial charge on any atom is -0.390 e. The summed E-state index contributed by atoms with van der Waals surface area (Å²) in [5.41, 5.74) is 0. The van der Waals surface area contributed by atoms with Gasteiger partial charge in [-0.3, -0.25) is 0 Å². The Balaban J connectivity index is 1.74. The van der Waals surface area contributed by atoms with Gasteiger partial charge in [-0.15, -0.1) is 0 Å². The second-order valence-corrected chi connectivity index (χ2v) is 8.79. The molecule has 0 spiro atoms. The number of rotatable bonds is 9. The van der Waals surface area contributed by atoms with E-state index in [1.54, 1.807) is 0 Å². The van der Waals surface area contributed by atoms with Gasteiger partial charge < -0.3 is 9.84 Å². The fourth-order valence-electron chi connectivity index (χ4n) is 4.67. The van der Waals surface area contributed by atoms with Crippen molar-refractivity contribution in [1.29, 1.82) is 0 Å². The molecular formula is C21H36F4O2. The zero-order chi connectivity index (χ0) is 20.0. The molecule has 2 aliphatic carbocycles. The van der Waals surface area contributed by atoms with Crippen molar-refractivity contribution in [1.82, 2.24) is 0 Å². The Labute approximate surface area is 161 Å². The Morgan fingerprint density at radius 2 is 1.67 bits per heavy atom. The average Bonchev–Trinajstić information content (AvgIpc) is 2.63. The molecule has 5 unspecified atom stereocenters. The van der Waals surface area contributed by atoms with Crippen LogP contribution in [-0.4, -0.2) is 35.8 Å². The molecule has 160 valence electrons. The zero-order valence-corrected chi connectivity index (χ0v) is 16.7. The van der Waals surface area contributed by atoms with Crippen LogP contribution < -0.4 is 0 Å². The first-order valence-corrected chi connectivity index (χ1v) is 10.8. The van der Waals surface area contributed by atoms with Crippen LogP contribution in [0.5, 0.6) is 0 Å². The highest BCUT2D eigenvalue weighted by Gasteiger charge is 2.49. The van der Waals surface area contributed by atoms with E-state index < -0.39 is 36.6 Å². The third kappa shape index (κ3) is 6.59. The van der Waals surface area contributed by atoms with E-state index in [0.29, 0.717) is 18.8 Å². The van der Waals surface area contributed by atoms with Gasteiger partial charge in [0.05, 0.1) is 18.1 Å². The number of aliphatic hydroxyl groups is 1. The predicted molar refractivity (Wildman–Crippen MR) is 98.2 cm³/mol. The smallest absolute Gasteiger partial charge is 0.358 e. The first-order valence-electron chi connectivity index (χ1n) is 10.8. The van der Waals surface area contributed by atoms with Crippen molar-refractivity contribution in [2.45, 2.75) is 115 Å². The molecule has 0 amide bonds. The minimum atomic E-state index is -3.43.